The van der Waals surface area contributed by atoms with Crippen molar-refractivity contribution in [1.29, 1.82) is 0 Å². The number of aryl methyl sites for hydroxylation is 1. The van der Waals surface area contributed by atoms with E-state index in [1.54, 1.807) is 0 Å². The minimum Gasteiger partial charge on any atom is -0.370 e. The Kier molecular flexibility index (Phi) is 5.79. The molecule has 0 radical (unpaired) electrons. The fourth-order valence-corrected chi connectivity index (χ4v) is 4.26. The summed E-state index contributed by atoms with van der Waals surface area (Å²) >= 11 is 0. The van der Waals surface area contributed by atoms with Crippen molar-refractivity contribution >= 4 is 21.5 Å². The molecule has 27 heavy (non-hydrogen) atoms. The molecule has 0 saturated carbocycles. The number of hydrogen-bond donors (Lipinski definition) is 2. The lowest BCUT2D eigenvalue weighted by molar-refractivity contribution is 0.600. The summed E-state index contributed by atoms with van der Waals surface area (Å²) in [5, 5.41) is 3.14. The highest BCUT2D eigenvalue weighted by Crippen LogP contribution is 2.27. The van der Waals surface area contributed by atoms with Crippen LogP contribution in [-0.4, -0.2) is 20.6 Å². The van der Waals surface area contributed by atoms with E-state index in [2.05, 4.69) is 16.4 Å². The highest BCUT2D eigenvalue weighted by atomic mass is 32.2. The molecule has 1 aliphatic rings. The summed E-state index contributed by atoms with van der Waals surface area (Å²) in [5.74, 6) is -0.359. The molecule has 0 unspecified atom stereocenters. The Morgan fingerprint density at radius 1 is 1.19 bits per heavy atom. The molecule has 3 N–H and O–H groups in total. The quantitative estimate of drug-likeness (QED) is 0.608. The average molecular weight is 389 g/mol. The van der Waals surface area contributed by atoms with Crippen LogP contribution in [0.3, 0.4) is 0 Å². The Balaban J connectivity index is 1.78. The number of sulfone groups is 1. The second kappa shape index (κ2) is 8.08. The van der Waals surface area contributed by atoms with Gasteiger partial charge in [-0.25, -0.2) is 17.8 Å². The van der Waals surface area contributed by atoms with Crippen molar-refractivity contribution in [2.45, 2.75) is 38.0 Å². The third kappa shape index (κ3) is 5.29. The van der Waals surface area contributed by atoms with Gasteiger partial charge in [-0.2, -0.15) is 0 Å². The van der Waals surface area contributed by atoms with Crippen molar-refractivity contribution in [2.24, 2.45) is 10.7 Å². The van der Waals surface area contributed by atoms with Crippen LogP contribution in [0, 0.1) is 5.82 Å². The lowest BCUT2D eigenvalue weighted by atomic mass is 9.90. The fraction of sp³-hybridized carbons (Fsp3) is 0.350. The molecule has 2 aromatic rings. The van der Waals surface area contributed by atoms with Gasteiger partial charge < -0.3 is 11.1 Å². The number of anilines is 1. The van der Waals surface area contributed by atoms with Gasteiger partial charge in [0.2, 0.25) is 0 Å². The average Bonchev–Trinajstić information content (AvgIpc) is 2.61. The van der Waals surface area contributed by atoms with Crippen molar-refractivity contribution in [1.82, 2.24) is 0 Å². The van der Waals surface area contributed by atoms with Crippen molar-refractivity contribution in [3.8, 4) is 0 Å². The lowest BCUT2D eigenvalue weighted by Gasteiger charge is -2.19. The topological polar surface area (TPSA) is 84.5 Å². The summed E-state index contributed by atoms with van der Waals surface area (Å²) in [7, 11) is -3.23. The fourth-order valence-electron chi connectivity index (χ4n) is 3.41. The van der Waals surface area contributed by atoms with Crippen LogP contribution in [0.25, 0.3) is 0 Å². The Hall–Kier alpha value is -2.41. The summed E-state index contributed by atoms with van der Waals surface area (Å²) < 4.78 is 36.8. The number of fused-ring (bicyclic) bond motifs is 1. The SMILES string of the molecule is CS(=O)(=O)Cc1ccc(F)cc1CN=C(N)Nc1cccc2c1CCCC2. The summed E-state index contributed by atoms with van der Waals surface area (Å²) in [6.45, 7) is 0.108. The molecular formula is C20H24FN3O2S. The van der Waals surface area contributed by atoms with Gasteiger partial charge in [-0.1, -0.05) is 18.2 Å². The first-order valence-electron chi connectivity index (χ1n) is 8.94. The van der Waals surface area contributed by atoms with E-state index in [9.17, 15) is 12.8 Å². The van der Waals surface area contributed by atoms with Gasteiger partial charge in [-0.15, -0.1) is 0 Å². The second-order valence-corrected chi connectivity index (χ2v) is 9.10. The van der Waals surface area contributed by atoms with Gasteiger partial charge in [0.05, 0.1) is 12.3 Å². The van der Waals surface area contributed by atoms with Crippen LogP contribution in [0.15, 0.2) is 41.4 Å². The lowest BCUT2D eigenvalue weighted by Crippen LogP contribution is -2.24. The van der Waals surface area contributed by atoms with Crippen molar-refractivity contribution in [2.75, 3.05) is 11.6 Å². The molecule has 3 rings (SSSR count). The summed E-state index contributed by atoms with van der Waals surface area (Å²) in [6, 6.07) is 10.2. The predicted molar refractivity (Wildman–Crippen MR) is 107 cm³/mol. The Bertz CT molecular complexity index is 971. The monoisotopic (exact) mass is 389 g/mol. The van der Waals surface area contributed by atoms with Crippen LogP contribution in [0.5, 0.6) is 0 Å². The molecule has 0 saturated heterocycles. The third-order valence-electron chi connectivity index (χ3n) is 4.66. The van der Waals surface area contributed by atoms with E-state index in [0.717, 1.165) is 31.2 Å². The van der Waals surface area contributed by atoms with E-state index in [4.69, 9.17) is 5.73 Å². The maximum absolute atomic E-state index is 13.6. The zero-order valence-corrected chi connectivity index (χ0v) is 16.2. The maximum Gasteiger partial charge on any atom is 0.193 e. The van der Waals surface area contributed by atoms with Crippen LogP contribution in [0.4, 0.5) is 10.1 Å². The van der Waals surface area contributed by atoms with Gasteiger partial charge in [0.25, 0.3) is 0 Å². The normalized spacial score (nSPS) is 14.7. The molecule has 0 atom stereocenters. The zero-order chi connectivity index (χ0) is 19.4. The van der Waals surface area contributed by atoms with Gasteiger partial charge in [-0.3, -0.25) is 0 Å². The minimum absolute atomic E-state index is 0.108. The Morgan fingerprint density at radius 3 is 2.74 bits per heavy atom. The molecule has 1 aliphatic carbocycles. The number of halogens is 1. The number of benzene rings is 2. The molecule has 2 aromatic carbocycles. The largest absolute Gasteiger partial charge is 0.370 e. The van der Waals surface area contributed by atoms with Gasteiger partial charge in [0.1, 0.15) is 5.82 Å². The van der Waals surface area contributed by atoms with E-state index < -0.39 is 15.7 Å². The Morgan fingerprint density at radius 2 is 1.96 bits per heavy atom. The molecule has 0 amide bonds. The second-order valence-electron chi connectivity index (χ2n) is 6.96. The standard InChI is InChI=1S/C20H24FN3O2S/c1-27(25,26)13-15-9-10-17(21)11-16(15)12-23-20(22)24-19-8-4-6-14-5-2-3-7-18(14)19/h4,6,8-11H,2-3,5,7,12-13H2,1H3,(H3,22,23,24). The van der Waals surface area contributed by atoms with Crippen molar-refractivity contribution in [3.05, 3.63) is 64.5 Å². The molecule has 0 spiro atoms. The number of guanidine groups is 1. The summed E-state index contributed by atoms with van der Waals surface area (Å²) in [6.07, 6.45) is 5.58. The van der Waals surface area contributed by atoms with Gasteiger partial charge in [-0.05, 0) is 66.1 Å². The zero-order valence-electron chi connectivity index (χ0n) is 15.3. The van der Waals surface area contributed by atoms with E-state index in [0.29, 0.717) is 11.1 Å². The van der Waals surface area contributed by atoms with Crippen LogP contribution in [0.1, 0.15) is 35.1 Å². The number of nitrogens with two attached hydrogens (primary N) is 1. The van der Waals surface area contributed by atoms with Gasteiger partial charge in [0, 0.05) is 11.9 Å². The molecular weight excluding hydrogens is 365 g/mol. The number of rotatable bonds is 5. The molecule has 0 aromatic heterocycles. The van der Waals surface area contributed by atoms with Crippen LogP contribution < -0.4 is 11.1 Å². The number of nitrogens with one attached hydrogen (secondary N) is 1. The molecule has 0 fully saturated rings. The highest BCUT2D eigenvalue weighted by Gasteiger charge is 2.14. The smallest absolute Gasteiger partial charge is 0.193 e. The van der Waals surface area contributed by atoms with E-state index in [1.165, 1.54) is 35.7 Å². The van der Waals surface area contributed by atoms with Crippen LogP contribution in [-0.2, 0) is 35.0 Å². The Labute approximate surface area is 159 Å². The van der Waals surface area contributed by atoms with Crippen molar-refractivity contribution in [3.63, 3.8) is 0 Å². The number of nitrogens with zero attached hydrogens (tertiary/aromatic N) is 1. The van der Waals surface area contributed by atoms with Gasteiger partial charge >= 0.3 is 0 Å². The van der Waals surface area contributed by atoms with Crippen LogP contribution >= 0.6 is 0 Å². The molecule has 0 bridgehead atoms. The molecule has 144 valence electrons. The van der Waals surface area contributed by atoms with E-state index in [-0.39, 0.29) is 18.3 Å². The molecule has 0 aliphatic heterocycles. The van der Waals surface area contributed by atoms with E-state index >= 15 is 0 Å². The highest BCUT2D eigenvalue weighted by molar-refractivity contribution is 7.89. The van der Waals surface area contributed by atoms with Crippen molar-refractivity contribution < 1.29 is 12.8 Å². The third-order valence-corrected chi connectivity index (χ3v) is 5.50. The summed E-state index contributed by atoms with van der Waals surface area (Å²) in [4.78, 5) is 4.29. The number of aliphatic imine (C=N–C) groups is 1. The number of hydrogen-bond acceptors (Lipinski definition) is 3. The molecule has 0 heterocycles. The first kappa shape index (κ1) is 19.4. The molecule has 7 heteroatoms. The van der Waals surface area contributed by atoms with E-state index in [1.807, 2.05) is 12.1 Å². The van der Waals surface area contributed by atoms with Gasteiger partial charge in [0.15, 0.2) is 15.8 Å². The minimum atomic E-state index is -3.23. The first-order chi connectivity index (χ1) is 12.8. The maximum atomic E-state index is 13.6. The predicted octanol–water partition coefficient (Wildman–Crippen LogP) is 3.18. The first-order valence-corrected chi connectivity index (χ1v) is 11.0. The van der Waals surface area contributed by atoms with Crippen LogP contribution in [0.2, 0.25) is 0 Å². The summed E-state index contributed by atoms with van der Waals surface area (Å²) in [5.41, 5.74) is 10.6. The molecule has 5 nitrogen and oxygen atoms in total.